The summed E-state index contributed by atoms with van der Waals surface area (Å²) >= 11 is 0. The molecule has 4 rings (SSSR count). The highest BCUT2D eigenvalue weighted by Gasteiger charge is 2.19. The zero-order valence-electron chi connectivity index (χ0n) is 14.2. The van der Waals surface area contributed by atoms with Gasteiger partial charge in [0, 0.05) is 18.1 Å². The number of benzene rings is 2. The molecule has 126 valence electrons. The normalized spacial score (nSPS) is 18.2. The SMILES string of the molecule is OCCCC1C=Cc2cc(C3=CCC(c4ccccc4O)=C3)ccc21. The van der Waals surface area contributed by atoms with E-state index in [2.05, 4.69) is 42.5 Å². The molecule has 2 aromatic carbocycles. The summed E-state index contributed by atoms with van der Waals surface area (Å²) in [5.41, 5.74) is 7.15. The molecule has 0 aromatic heterocycles. The van der Waals surface area contributed by atoms with Crippen LogP contribution in [0, 0.1) is 0 Å². The highest BCUT2D eigenvalue weighted by Crippen LogP contribution is 2.39. The highest BCUT2D eigenvalue weighted by atomic mass is 16.3. The van der Waals surface area contributed by atoms with Gasteiger partial charge in [-0.1, -0.05) is 54.6 Å². The Kier molecular flexibility index (Phi) is 4.29. The largest absolute Gasteiger partial charge is 0.507 e. The summed E-state index contributed by atoms with van der Waals surface area (Å²) in [6, 6.07) is 14.2. The molecule has 25 heavy (non-hydrogen) atoms. The van der Waals surface area contributed by atoms with Crippen LogP contribution in [-0.4, -0.2) is 16.8 Å². The van der Waals surface area contributed by atoms with Gasteiger partial charge in [0.2, 0.25) is 0 Å². The molecule has 0 fully saturated rings. The number of phenolic OH excluding ortho intramolecular Hbond substituents is 1. The van der Waals surface area contributed by atoms with Crippen LogP contribution in [0.2, 0.25) is 0 Å². The molecule has 1 atom stereocenters. The van der Waals surface area contributed by atoms with Crippen molar-refractivity contribution >= 4 is 17.2 Å². The average Bonchev–Trinajstić information content (AvgIpc) is 3.27. The molecule has 0 spiro atoms. The van der Waals surface area contributed by atoms with Crippen LogP contribution in [0.3, 0.4) is 0 Å². The Morgan fingerprint density at radius 3 is 2.80 bits per heavy atom. The molecule has 0 heterocycles. The Morgan fingerprint density at radius 1 is 1.08 bits per heavy atom. The van der Waals surface area contributed by atoms with Crippen LogP contribution in [0.25, 0.3) is 17.2 Å². The van der Waals surface area contributed by atoms with Gasteiger partial charge in [-0.05, 0) is 59.2 Å². The lowest BCUT2D eigenvalue weighted by atomic mass is 9.93. The van der Waals surface area contributed by atoms with Crippen molar-refractivity contribution in [2.45, 2.75) is 25.2 Å². The summed E-state index contributed by atoms with van der Waals surface area (Å²) in [7, 11) is 0. The van der Waals surface area contributed by atoms with Crippen LogP contribution in [0.5, 0.6) is 5.75 Å². The first-order valence-electron chi connectivity index (χ1n) is 8.89. The lowest BCUT2D eigenvalue weighted by molar-refractivity contribution is 0.282. The molecular weight excluding hydrogens is 308 g/mol. The Morgan fingerprint density at radius 2 is 1.96 bits per heavy atom. The first kappa shape index (κ1) is 15.9. The molecule has 2 nitrogen and oxygen atoms in total. The van der Waals surface area contributed by atoms with E-state index in [-0.39, 0.29) is 6.61 Å². The minimum Gasteiger partial charge on any atom is -0.507 e. The second kappa shape index (κ2) is 6.73. The Labute approximate surface area is 148 Å². The molecule has 2 aliphatic rings. The number of phenols is 1. The molecule has 0 aliphatic heterocycles. The van der Waals surface area contributed by atoms with E-state index in [0.717, 1.165) is 30.4 Å². The molecule has 0 radical (unpaired) electrons. The molecule has 2 aromatic rings. The average molecular weight is 330 g/mol. The van der Waals surface area contributed by atoms with Gasteiger partial charge in [-0.25, -0.2) is 0 Å². The number of para-hydroxylation sites is 1. The van der Waals surface area contributed by atoms with Crippen molar-refractivity contribution in [3.05, 3.63) is 82.9 Å². The van der Waals surface area contributed by atoms with Crippen LogP contribution in [0.1, 0.15) is 47.4 Å². The summed E-state index contributed by atoms with van der Waals surface area (Å²) in [5.74, 6) is 0.771. The van der Waals surface area contributed by atoms with Crippen molar-refractivity contribution in [3.8, 4) is 5.75 Å². The van der Waals surface area contributed by atoms with Gasteiger partial charge in [0.05, 0.1) is 0 Å². The fraction of sp³-hybridized carbons (Fsp3) is 0.217. The number of rotatable bonds is 5. The quantitative estimate of drug-likeness (QED) is 0.796. The predicted molar refractivity (Wildman–Crippen MR) is 103 cm³/mol. The number of fused-ring (bicyclic) bond motifs is 1. The third kappa shape index (κ3) is 3.06. The van der Waals surface area contributed by atoms with Gasteiger partial charge in [0.1, 0.15) is 5.75 Å². The van der Waals surface area contributed by atoms with Crippen molar-refractivity contribution in [1.82, 2.24) is 0 Å². The lowest BCUT2D eigenvalue weighted by Gasteiger charge is -2.11. The van der Waals surface area contributed by atoms with E-state index in [1.54, 1.807) is 6.07 Å². The summed E-state index contributed by atoms with van der Waals surface area (Å²) in [4.78, 5) is 0. The molecule has 2 N–H and O–H groups in total. The fourth-order valence-electron chi connectivity index (χ4n) is 3.78. The number of allylic oxidation sites excluding steroid dienone is 5. The van der Waals surface area contributed by atoms with E-state index in [1.807, 2.05) is 18.2 Å². The highest BCUT2D eigenvalue weighted by molar-refractivity contribution is 5.91. The van der Waals surface area contributed by atoms with Crippen molar-refractivity contribution in [1.29, 1.82) is 0 Å². The van der Waals surface area contributed by atoms with Gasteiger partial charge in [0.15, 0.2) is 0 Å². The van der Waals surface area contributed by atoms with Gasteiger partial charge in [-0.15, -0.1) is 0 Å². The second-order valence-electron chi connectivity index (χ2n) is 6.73. The Hall–Kier alpha value is -2.58. The first-order valence-corrected chi connectivity index (χ1v) is 8.89. The van der Waals surface area contributed by atoms with Gasteiger partial charge >= 0.3 is 0 Å². The van der Waals surface area contributed by atoms with Crippen LogP contribution < -0.4 is 0 Å². The van der Waals surface area contributed by atoms with E-state index < -0.39 is 0 Å². The predicted octanol–water partition coefficient (Wildman–Crippen LogP) is 5.15. The maximum atomic E-state index is 10.1. The number of aliphatic hydroxyl groups is 1. The molecule has 1 unspecified atom stereocenters. The van der Waals surface area contributed by atoms with Gasteiger partial charge < -0.3 is 10.2 Å². The van der Waals surface area contributed by atoms with E-state index in [9.17, 15) is 5.11 Å². The molecule has 2 aliphatic carbocycles. The molecule has 0 amide bonds. The minimum atomic E-state index is 0.255. The lowest BCUT2D eigenvalue weighted by Crippen LogP contribution is -1.96. The van der Waals surface area contributed by atoms with Crippen molar-refractivity contribution in [3.63, 3.8) is 0 Å². The first-order chi connectivity index (χ1) is 12.3. The number of aromatic hydroxyl groups is 1. The van der Waals surface area contributed by atoms with E-state index in [0.29, 0.717) is 11.7 Å². The zero-order chi connectivity index (χ0) is 17.2. The third-order valence-electron chi connectivity index (χ3n) is 5.12. The van der Waals surface area contributed by atoms with E-state index >= 15 is 0 Å². The summed E-state index contributed by atoms with van der Waals surface area (Å²) < 4.78 is 0. The maximum Gasteiger partial charge on any atom is 0.123 e. The van der Waals surface area contributed by atoms with Crippen LogP contribution in [0.4, 0.5) is 0 Å². The molecule has 0 saturated heterocycles. The fourth-order valence-corrected chi connectivity index (χ4v) is 3.78. The Bertz CT molecular complexity index is 887. The van der Waals surface area contributed by atoms with Crippen molar-refractivity contribution in [2.75, 3.05) is 6.61 Å². The van der Waals surface area contributed by atoms with Crippen LogP contribution in [-0.2, 0) is 0 Å². The van der Waals surface area contributed by atoms with Gasteiger partial charge in [-0.2, -0.15) is 0 Å². The van der Waals surface area contributed by atoms with Crippen LogP contribution >= 0.6 is 0 Å². The Balaban J connectivity index is 1.58. The molecule has 0 saturated carbocycles. The van der Waals surface area contributed by atoms with Gasteiger partial charge in [0.25, 0.3) is 0 Å². The number of hydrogen-bond acceptors (Lipinski definition) is 2. The number of aliphatic hydroxyl groups excluding tert-OH is 1. The zero-order valence-corrected chi connectivity index (χ0v) is 14.2. The maximum absolute atomic E-state index is 10.1. The molecule has 2 heteroatoms. The summed E-state index contributed by atoms with van der Waals surface area (Å²) in [6.07, 6.45) is 11.5. The summed E-state index contributed by atoms with van der Waals surface area (Å²) in [5, 5.41) is 19.1. The van der Waals surface area contributed by atoms with Crippen molar-refractivity contribution < 1.29 is 10.2 Å². The monoisotopic (exact) mass is 330 g/mol. The van der Waals surface area contributed by atoms with Gasteiger partial charge in [-0.3, -0.25) is 0 Å². The minimum absolute atomic E-state index is 0.255. The van der Waals surface area contributed by atoms with E-state index in [1.165, 1.54) is 22.3 Å². The second-order valence-corrected chi connectivity index (χ2v) is 6.73. The van der Waals surface area contributed by atoms with Crippen LogP contribution in [0.15, 0.2) is 60.7 Å². The van der Waals surface area contributed by atoms with E-state index in [4.69, 9.17) is 5.11 Å². The smallest absolute Gasteiger partial charge is 0.123 e. The molecule has 0 bridgehead atoms. The standard InChI is InChI=1S/C23H22O2/c24-13-3-4-16-7-9-19-14-18(11-12-21(16)19)17-8-10-20(15-17)22-5-1-2-6-23(22)25/h1-2,5-9,11-12,14-16,24-25H,3-4,10,13H2. The topological polar surface area (TPSA) is 40.5 Å². The third-order valence-corrected chi connectivity index (χ3v) is 5.12. The molecular formula is C23H22O2. The summed E-state index contributed by atoms with van der Waals surface area (Å²) in [6.45, 7) is 0.255. The van der Waals surface area contributed by atoms with Crippen molar-refractivity contribution in [2.24, 2.45) is 0 Å². The number of hydrogen-bond donors (Lipinski definition) is 2.